The number of nitrogens with one attached hydrogen (secondary N) is 1. The lowest BCUT2D eigenvalue weighted by Crippen LogP contribution is -2.15. The highest BCUT2D eigenvalue weighted by atomic mass is 35.5. The second-order valence-corrected chi connectivity index (χ2v) is 5.26. The van der Waals surface area contributed by atoms with Crippen molar-refractivity contribution in [2.75, 3.05) is 19.8 Å². The minimum absolute atomic E-state index is 0.488. The zero-order valence-electron chi connectivity index (χ0n) is 13.2. The Kier molecular flexibility index (Phi) is 8.95. The van der Waals surface area contributed by atoms with Gasteiger partial charge in [-0.1, -0.05) is 31.5 Å². The maximum absolute atomic E-state index is 5.87. The summed E-state index contributed by atoms with van der Waals surface area (Å²) in [6, 6.07) is 6.01. The highest BCUT2D eigenvalue weighted by Crippen LogP contribution is 2.25. The van der Waals surface area contributed by atoms with Gasteiger partial charge in [0.2, 0.25) is 0 Å². The minimum atomic E-state index is 0.488. The van der Waals surface area contributed by atoms with Gasteiger partial charge in [0.05, 0.1) is 6.61 Å². The normalized spacial score (nSPS) is 11.5. The molecule has 0 radical (unpaired) electrons. The number of halogens is 1. The van der Waals surface area contributed by atoms with Crippen molar-refractivity contribution in [2.45, 2.75) is 40.2 Å². The zero-order valence-corrected chi connectivity index (χ0v) is 14.0. The van der Waals surface area contributed by atoms with Gasteiger partial charge < -0.3 is 14.8 Å². The van der Waals surface area contributed by atoms with Gasteiger partial charge in [-0.25, -0.2) is 0 Å². The molecule has 0 aliphatic heterocycles. The number of hydrogen-bond donors (Lipinski definition) is 1. The first-order valence-electron chi connectivity index (χ1n) is 7.56. The average molecular weight is 312 g/mol. The summed E-state index contributed by atoms with van der Waals surface area (Å²) in [6.45, 7) is 9.18. The lowest BCUT2D eigenvalue weighted by atomic mass is 10.2. The molecule has 21 heavy (non-hydrogen) atoms. The molecule has 0 spiro atoms. The van der Waals surface area contributed by atoms with Gasteiger partial charge in [-0.15, -0.1) is 0 Å². The molecule has 0 aliphatic carbocycles. The van der Waals surface area contributed by atoms with Crippen molar-refractivity contribution in [1.82, 2.24) is 5.32 Å². The maximum atomic E-state index is 5.87. The van der Waals surface area contributed by atoms with E-state index in [1.165, 1.54) is 0 Å². The van der Waals surface area contributed by atoms with E-state index in [1.54, 1.807) is 5.54 Å². The van der Waals surface area contributed by atoms with E-state index in [0.29, 0.717) is 13.2 Å². The third kappa shape index (κ3) is 6.87. The molecule has 0 unspecified atom stereocenters. The standard InChI is InChI=1S/C17H26ClNO2/c1-4-8-19-12-15-6-7-16(20-9-5-2)10-17(15)21-13-14(3)11-18/h6-7,10-11,19H,4-5,8-9,12-13H2,1-3H3/b14-11+. The monoisotopic (exact) mass is 311 g/mol. The van der Waals surface area contributed by atoms with Crippen LogP contribution >= 0.6 is 11.6 Å². The Morgan fingerprint density at radius 1 is 1.24 bits per heavy atom. The summed E-state index contributed by atoms with van der Waals surface area (Å²) < 4.78 is 11.5. The molecule has 0 fully saturated rings. The van der Waals surface area contributed by atoms with Crippen LogP contribution in [0, 0.1) is 0 Å². The molecule has 0 saturated carbocycles. The quantitative estimate of drug-likeness (QED) is 0.645. The van der Waals surface area contributed by atoms with Gasteiger partial charge in [-0.2, -0.15) is 0 Å². The molecular formula is C17H26ClNO2. The molecule has 1 aromatic carbocycles. The molecule has 0 bridgehead atoms. The predicted molar refractivity (Wildman–Crippen MR) is 89.3 cm³/mol. The van der Waals surface area contributed by atoms with Crippen LogP contribution in [0.2, 0.25) is 0 Å². The van der Waals surface area contributed by atoms with E-state index in [-0.39, 0.29) is 0 Å². The smallest absolute Gasteiger partial charge is 0.127 e. The lowest BCUT2D eigenvalue weighted by Gasteiger charge is -2.14. The van der Waals surface area contributed by atoms with Gasteiger partial charge in [-0.05, 0) is 37.9 Å². The molecule has 0 saturated heterocycles. The fourth-order valence-corrected chi connectivity index (χ4v) is 1.81. The Balaban J connectivity index is 2.78. The van der Waals surface area contributed by atoms with Crippen LogP contribution < -0.4 is 14.8 Å². The van der Waals surface area contributed by atoms with Crippen molar-refractivity contribution in [3.8, 4) is 11.5 Å². The minimum Gasteiger partial charge on any atom is -0.493 e. The second-order valence-electron chi connectivity index (χ2n) is 5.04. The van der Waals surface area contributed by atoms with Crippen LogP contribution in [0.4, 0.5) is 0 Å². The Labute approximate surface area is 133 Å². The molecule has 0 atom stereocenters. The number of ether oxygens (including phenoxy) is 2. The van der Waals surface area contributed by atoms with E-state index in [2.05, 4.69) is 25.2 Å². The molecular weight excluding hydrogens is 286 g/mol. The molecule has 0 amide bonds. The first kappa shape index (κ1) is 17.9. The van der Waals surface area contributed by atoms with Crippen molar-refractivity contribution in [1.29, 1.82) is 0 Å². The van der Waals surface area contributed by atoms with Crippen LogP contribution in [0.25, 0.3) is 0 Å². The summed E-state index contributed by atoms with van der Waals surface area (Å²) in [6.07, 6.45) is 2.10. The fraction of sp³-hybridized carbons (Fsp3) is 0.529. The molecule has 118 valence electrons. The number of hydrogen-bond acceptors (Lipinski definition) is 3. The Hall–Kier alpha value is -1.19. The summed E-state index contributed by atoms with van der Waals surface area (Å²) in [4.78, 5) is 0. The maximum Gasteiger partial charge on any atom is 0.127 e. The molecule has 1 N–H and O–H groups in total. The van der Waals surface area contributed by atoms with Crippen LogP contribution in [0.3, 0.4) is 0 Å². The second kappa shape index (κ2) is 10.5. The van der Waals surface area contributed by atoms with Crippen LogP contribution in [0.15, 0.2) is 29.3 Å². The van der Waals surface area contributed by atoms with Crippen molar-refractivity contribution >= 4 is 11.6 Å². The van der Waals surface area contributed by atoms with Crippen molar-refractivity contribution in [3.63, 3.8) is 0 Å². The van der Waals surface area contributed by atoms with E-state index >= 15 is 0 Å². The molecule has 0 aliphatic rings. The SMILES string of the molecule is CCCNCc1ccc(OCCC)cc1OC/C(C)=C/Cl. The number of benzene rings is 1. The molecule has 0 aromatic heterocycles. The molecule has 1 aromatic rings. The van der Waals surface area contributed by atoms with Gasteiger partial charge in [-0.3, -0.25) is 0 Å². The van der Waals surface area contributed by atoms with Crippen molar-refractivity contribution in [2.24, 2.45) is 0 Å². The topological polar surface area (TPSA) is 30.5 Å². The third-order valence-electron chi connectivity index (χ3n) is 2.90. The van der Waals surface area contributed by atoms with Gasteiger partial charge in [0.1, 0.15) is 18.1 Å². The van der Waals surface area contributed by atoms with Gasteiger partial charge in [0.25, 0.3) is 0 Å². The van der Waals surface area contributed by atoms with Crippen molar-refractivity contribution < 1.29 is 9.47 Å². The average Bonchev–Trinajstić information content (AvgIpc) is 2.52. The Morgan fingerprint density at radius 3 is 2.71 bits per heavy atom. The first-order chi connectivity index (χ1) is 10.2. The summed E-state index contributed by atoms with van der Waals surface area (Å²) in [5.41, 5.74) is 3.67. The van der Waals surface area contributed by atoms with Crippen molar-refractivity contribution in [3.05, 3.63) is 34.9 Å². The Bertz CT molecular complexity index is 446. The Morgan fingerprint density at radius 2 is 2.05 bits per heavy atom. The zero-order chi connectivity index (χ0) is 15.5. The van der Waals surface area contributed by atoms with E-state index in [9.17, 15) is 0 Å². The van der Waals surface area contributed by atoms with Gasteiger partial charge in [0.15, 0.2) is 0 Å². The highest BCUT2D eigenvalue weighted by molar-refractivity contribution is 6.25. The van der Waals surface area contributed by atoms with Crippen LogP contribution in [-0.4, -0.2) is 19.8 Å². The fourth-order valence-electron chi connectivity index (χ4n) is 1.75. The predicted octanol–water partition coefficient (Wildman–Crippen LogP) is 4.50. The summed E-state index contributed by atoms with van der Waals surface area (Å²) in [5.74, 6) is 1.70. The summed E-state index contributed by atoms with van der Waals surface area (Å²) in [7, 11) is 0. The van der Waals surface area contributed by atoms with Crippen LogP contribution in [0.1, 0.15) is 39.2 Å². The highest BCUT2D eigenvalue weighted by Gasteiger charge is 2.06. The van der Waals surface area contributed by atoms with Gasteiger partial charge in [0, 0.05) is 23.7 Å². The molecule has 1 rings (SSSR count). The van der Waals surface area contributed by atoms with Crippen LogP contribution in [-0.2, 0) is 6.54 Å². The molecule has 3 nitrogen and oxygen atoms in total. The van der Waals surface area contributed by atoms with E-state index in [0.717, 1.165) is 48.6 Å². The van der Waals surface area contributed by atoms with Gasteiger partial charge >= 0.3 is 0 Å². The molecule has 0 heterocycles. The number of rotatable bonds is 10. The van der Waals surface area contributed by atoms with E-state index in [1.807, 2.05) is 19.1 Å². The lowest BCUT2D eigenvalue weighted by molar-refractivity contribution is 0.309. The van der Waals surface area contributed by atoms with E-state index in [4.69, 9.17) is 21.1 Å². The van der Waals surface area contributed by atoms with Crippen LogP contribution in [0.5, 0.6) is 11.5 Å². The molecule has 4 heteroatoms. The summed E-state index contributed by atoms with van der Waals surface area (Å²) in [5, 5.41) is 3.39. The summed E-state index contributed by atoms with van der Waals surface area (Å²) >= 11 is 5.68. The largest absolute Gasteiger partial charge is 0.493 e. The van der Waals surface area contributed by atoms with E-state index < -0.39 is 0 Å². The first-order valence-corrected chi connectivity index (χ1v) is 8.00. The third-order valence-corrected chi connectivity index (χ3v) is 3.27.